The Morgan fingerprint density at radius 2 is 1.48 bits per heavy atom. The molecular formula is C16H17BrO4. The predicted octanol–water partition coefficient (Wildman–Crippen LogP) is 4.05. The van der Waals surface area contributed by atoms with Gasteiger partial charge in [0.05, 0.1) is 21.3 Å². The first-order valence-electron chi connectivity index (χ1n) is 6.35. The SMILES string of the molecule is COc1ccc(Br)cc1COc1c(OC)cccc1OC. The lowest BCUT2D eigenvalue weighted by molar-refractivity contribution is 0.261. The number of hydrogen-bond donors (Lipinski definition) is 0. The third-order valence-electron chi connectivity index (χ3n) is 3.00. The Morgan fingerprint density at radius 1 is 0.857 bits per heavy atom. The summed E-state index contributed by atoms with van der Waals surface area (Å²) < 4.78 is 22.8. The van der Waals surface area contributed by atoms with E-state index in [9.17, 15) is 0 Å². The second-order valence-electron chi connectivity index (χ2n) is 4.24. The van der Waals surface area contributed by atoms with E-state index in [1.54, 1.807) is 21.3 Å². The zero-order chi connectivity index (χ0) is 15.2. The van der Waals surface area contributed by atoms with Crippen molar-refractivity contribution >= 4 is 15.9 Å². The fraction of sp³-hybridized carbons (Fsp3) is 0.250. The number of halogens is 1. The fourth-order valence-corrected chi connectivity index (χ4v) is 2.38. The molecule has 112 valence electrons. The highest BCUT2D eigenvalue weighted by Crippen LogP contribution is 2.37. The summed E-state index contributed by atoms with van der Waals surface area (Å²) in [5.74, 6) is 2.60. The molecule has 2 aromatic rings. The number of benzene rings is 2. The van der Waals surface area contributed by atoms with Crippen molar-refractivity contribution in [1.82, 2.24) is 0 Å². The van der Waals surface area contributed by atoms with E-state index < -0.39 is 0 Å². The highest BCUT2D eigenvalue weighted by atomic mass is 79.9. The molecule has 0 N–H and O–H groups in total. The number of para-hydroxylation sites is 1. The number of ether oxygens (including phenoxy) is 4. The maximum Gasteiger partial charge on any atom is 0.203 e. The summed E-state index contributed by atoms with van der Waals surface area (Å²) in [6.07, 6.45) is 0. The molecule has 5 heteroatoms. The molecule has 0 radical (unpaired) electrons. The third-order valence-corrected chi connectivity index (χ3v) is 3.49. The zero-order valence-corrected chi connectivity index (χ0v) is 13.8. The molecule has 0 spiro atoms. The van der Waals surface area contributed by atoms with Crippen molar-refractivity contribution < 1.29 is 18.9 Å². The van der Waals surface area contributed by atoms with E-state index in [4.69, 9.17) is 18.9 Å². The minimum absolute atomic E-state index is 0.347. The first kappa shape index (κ1) is 15.5. The lowest BCUT2D eigenvalue weighted by Crippen LogP contribution is -2.02. The summed E-state index contributed by atoms with van der Waals surface area (Å²) in [5, 5.41) is 0. The fourth-order valence-electron chi connectivity index (χ4n) is 1.97. The van der Waals surface area contributed by atoms with E-state index in [2.05, 4.69) is 15.9 Å². The first-order valence-corrected chi connectivity index (χ1v) is 7.15. The Morgan fingerprint density at radius 3 is 2.05 bits per heavy atom. The third kappa shape index (κ3) is 3.61. The molecule has 0 fully saturated rings. The van der Waals surface area contributed by atoms with Crippen molar-refractivity contribution in [2.24, 2.45) is 0 Å². The largest absolute Gasteiger partial charge is 0.496 e. The normalized spacial score (nSPS) is 10.1. The standard InChI is InChI=1S/C16H17BrO4/c1-18-13-8-7-12(17)9-11(13)10-21-16-14(19-2)5-4-6-15(16)20-3/h4-9H,10H2,1-3H3. The van der Waals surface area contributed by atoms with E-state index in [0.717, 1.165) is 15.8 Å². The summed E-state index contributed by atoms with van der Waals surface area (Å²) >= 11 is 3.45. The van der Waals surface area contributed by atoms with Gasteiger partial charge in [0.25, 0.3) is 0 Å². The molecule has 4 nitrogen and oxygen atoms in total. The summed E-state index contributed by atoms with van der Waals surface area (Å²) in [6.45, 7) is 0.347. The van der Waals surface area contributed by atoms with Gasteiger partial charge in [0.2, 0.25) is 5.75 Å². The predicted molar refractivity (Wildman–Crippen MR) is 84.6 cm³/mol. The summed E-state index contributed by atoms with van der Waals surface area (Å²) in [5.41, 5.74) is 0.930. The van der Waals surface area contributed by atoms with Gasteiger partial charge in [-0.2, -0.15) is 0 Å². The average molecular weight is 353 g/mol. The highest BCUT2D eigenvalue weighted by molar-refractivity contribution is 9.10. The van der Waals surface area contributed by atoms with Crippen molar-refractivity contribution in [2.75, 3.05) is 21.3 Å². The van der Waals surface area contributed by atoms with Crippen LogP contribution in [0.2, 0.25) is 0 Å². The van der Waals surface area contributed by atoms with Gasteiger partial charge < -0.3 is 18.9 Å². The molecular weight excluding hydrogens is 336 g/mol. The summed E-state index contributed by atoms with van der Waals surface area (Å²) in [7, 11) is 4.83. The topological polar surface area (TPSA) is 36.9 Å². The van der Waals surface area contributed by atoms with Gasteiger partial charge in [0.15, 0.2) is 11.5 Å². The van der Waals surface area contributed by atoms with Crippen molar-refractivity contribution in [3.05, 3.63) is 46.4 Å². The van der Waals surface area contributed by atoms with Gasteiger partial charge in [-0.05, 0) is 30.3 Å². The van der Waals surface area contributed by atoms with Crippen molar-refractivity contribution in [2.45, 2.75) is 6.61 Å². The second kappa shape index (κ2) is 7.22. The number of methoxy groups -OCH3 is 3. The molecule has 21 heavy (non-hydrogen) atoms. The van der Waals surface area contributed by atoms with Crippen LogP contribution in [-0.2, 0) is 6.61 Å². The summed E-state index contributed by atoms with van der Waals surface area (Å²) in [4.78, 5) is 0. The molecule has 0 aromatic heterocycles. The van der Waals surface area contributed by atoms with Crippen LogP contribution in [0, 0.1) is 0 Å². The quantitative estimate of drug-likeness (QED) is 0.785. The van der Waals surface area contributed by atoms with Crippen molar-refractivity contribution in [1.29, 1.82) is 0 Å². The van der Waals surface area contributed by atoms with E-state index in [1.165, 1.54) is 0 Å². The van der Waals surface area contributed by atoms with Crippen LogP contribution in [0.25, 0.3) is 0 Å². The second-order valence-corrected chi connectivity index (χ2v) is 5.15. The first-order chi connectivity index (χ1) is 10.2. The Bertz CT molecular complexity index is 591. The van der Waals surface area contributed by atoms with Gasteiger partial charge >= 0.3 is 0 Å². The zero-order valence-electron chi connectivity index (χ0n) is 12.2. The molecule has 0 heterocycles. The van der Waals surface area contributed by atoms with E-state index in [0.29, 0.717) is 23.9 Å². The van der Waals surface area contributed by atoms with Gasteiger partial charge in [-0.3, -0.25) is 0 Å². The molecule has 0 aliphatic heterocycles. The molecule has 0 bridgehead atoms. The minimum Gasteiger partial charge on any atom is -0.496 e. The Hall–Kier alpha value is -1.88. The van der Waals surface area contributed by atoms with Crippen LogP contribution in [0.4, 0.5) is 0 Å². The van der Waals surface area contributed by atoms with Crippen LogP contribution in [-0.4, -0.2) is 21.3 Å². The van der Waals surface area contributed by atoms with E-state index >= 15 is 0 Å². The van der Waals surface area contributed by atoms with E-state index in [-0.39, 0.29) is 0 Å². The molecule has 2 aromatic carbocycles. The molecule has 0 atom stereocenters. The van der Waals surface area contributed by atoms with Crippen LogP contribution in [0.5, 0.6) is 23.0 Å². The van der Waals surface area contributed by atoms with Crippen molar-refractivity contribution in [3.8, 4) is 23.0 Å². The van der Waals surface area contributed by atoms with Crippen LogP contribution >= 0.6 is 15.9 Å². The molecule has 0 saturated carbocycles. The van der Waals surface area contributed by atoms with Gasteiger partial charge in [0, 0.05) is 10.0 Å². The van der Waals surface area contributed by atoms with Crippen LogP contribution < -0.4 is 18.9 Å². The molecule has 0 unspecified atom stereocenters. The maximum atomic E-state index is 5.88. The highest BCUT2D eigenvalue weighted by Gasteiger charge is 2.13. The Balaban J connectivity index is 2.26. The summed E-state index contributed by atoms with van der Waals surface area (Å²) in [6, 6.07) is 11.3. The maximum absolute atomic E-state index is 5.88. The van der Waals surface area contributed by atoms with Crippen molar-refractivity contribution in [3.63, 3.8) is 0 Å². The number of rotatable bonds is 6. The van der Waals surface area contributed by atoms with Crippen LogP contribution in [0.15, 0.2) is 40.9 Å². The molecule has 0 saturated heterocycles. The smallest absolute Gasteiger partial charge is 0.203 e. The molecule has 0 amide bonds. The van der Waals surface area contributed by atoms with Gasteiger partial charge in [-0.1, -0.05) is 22.0 Å². The van der Waals surface area contributed by atoms with Gasteiger partial charge in [0.1, 0.15) is 12.4 Å². The number of hydrogen-bond acceptors (Lipinski definition) is 4. The lowest BCUT2D eigenvalue weighted by Gasteiger charge is -2.15. The Labute approximate surface area is 132 Å². The molecule has 2 rings (SSSR count). The van der Waals surface area contributed by atoms with Gasteiger partial charge in [-0.15, -0.1) is 0 Å². The molecule has 0 aliphatic rings. The lowest BCUT2D eigenvalue weighted by atomic mass is 10.2. The van der Waals surface area contributed by atoms with Gasteiger partial charge in [-0.25, -0.2) is 0 Å². The van der Waals surface area contributed by atoms with Crippen LogP contribution in [0.1, 0.15) is 5.56 Å². The van der Waals surface area contributed by atoms with E-state index in [1.807, 2.05) is 36.4 Å². The monoisotopic (exact) mass is 352 g/mol. The average Bonchev–Trinajstić information content (AvgIpc) is 2.52. The Kier molecular flexibility index (Phi) is 5.33. The minimum atomic E-state index is 0.347. The molecule has 0 aliphatic carbocycles. The van der Waals surface area contributed by atoms with Crippen LogP contribution in [0.3, 0.4) is 0 Å².